The fourth-order valence-electron chi connectivity index (χ4n) is 2.12. The molecule has 0 aliphatic heterocycles. The van der Waals surface area contributed by atoms with E-state index >= 15 is 0 Å². The maximum atomic E-state index is 12.9. The first-order chi connectivity index (χ1) is 11.9. The van der Waals surface area contributed by atoms with Gasteiger partial charge in [-0.05, 0) is 54.2 Å². The topological polar surface area (TPSA) is 108 Å². The zero-order valence-corrected chi connectivity index (χ0v) is 13.7. The Morgan fingerprint density at radius 2 is 1.80 bits per heavy atom. The van der Waals surface area contributed by atoms with Crippen molar-refractivity contribution in [2.45, 2.75) is 12.1 Å². The maximum absolute atomic E-state index is 12.9. The van der Waals surface area contributed by atoms with E-state index in [0.717, 1.165) is 0 Å². The van der Waals surface area contributed by atoms with Crippen molar-refractivity contribution < 1.29 is 19.5 Å². The Morgan fingerprint density at radius 3 is 2.32 bits per heavy atom. The second-order valence-corrected chi connectivity index (χ2v) is 5.60. The fourth-order valence-corrected chi connectivity index (χ4v) is 2.39. The maximum Gasteiger partial charge on any atom is 0.269 e. The number of nitrogens with one attached hydrogen (secondary N) is 2. The molecule has 2 aromatic carbocycles. The van der Waals surface area contributed by atoms with Crippen molar-refractivity contribution in [3.05, 3.63) is 70.0 Å². The first kappa shape index (κ1) is 18.7. The Balaban J connectivity index is 2.01. The number of non-ortho nitro benzene ring substituents is 1. The SMILES string of the molecule is O=[N+]([O-])c1ccc(C(O)C(CO)NC(=S)Nc2ccc(F)cc2)cc1. The second-order valence-electron chi connectivity index (χ2n) is 5.19. The highest BCUT2D eigenvalue weighted by Gasteiger charge is 2.21. The van der Waals surface area contributed by atoms with Gasteiger partial charge in [0.25, 0.3) is 5.69 Å². The van der Waals surface area contributed by atoms with Gasteiger partial charge < -0.3 is 20.8 Å². The van der Waals surface area contributed by atoms with E-state index in [1.807, 2.05) is 0 Å². The molecule has 2 aromatic rings. The van der Waals surface area contributed by atoms with Gasteiger partial charge in [-0.2, -0.15) is 0 Å². The normalized spacial score (nSPS) is 12.9. The van der Waals surface area contributed by atoms with Crippen molar-refractivity contribution in [3.8, 4) is 0 Å². The zero-order chi connectivity index (χ0) is 18.4. The van der Waals surface area contributed by atoms with Gasteiger partial charge in [0.2, 0.25) is 0 Å². The molecular formula is C16H16FN3O4S. The molecule has 2 rings (SSSR count). The first-order valence-corrected chi connectivity index (χ1v) is 7.68. The van der Waals surface area contributed by atoms with Gasteiger partial charge in [-0.1, -0.05) is 0 Å². The summed E-state index contributed by atoms with van der Waals surface area (Å²) in [6, 6.07) is 10.0. The Kier molecular flexibility index (Phi) is 6.34. The van der Waals surface area contributed by atoms with Gasteiger partial charge in [-0.3, -0.25) is 10.1 Å². The van der Waals surface area contributed by atoms with E-state index in [1.54, 1.807) is 0 Å². The molecule has 0 fully saturated rings. The first-order valence-electron chi connectivity index (χ1n) is 7.27. The Bertz CT molecular complexity index is 740. The summed E-state index contributed by atoms with van der Waals surface area (Å²) in [6.45, 7) is -0.427. The van der Waals surface area contributed by atoms with Crippen molar-refractivity contribution >= 4 is 28.7 Å². The number of benzene rings is 2. The molecule has 4 N–H and O–H groups in total. The standard InChI is InChI=1S/C16H16FN3O4S/c17-11-3-5-12(6-4-11)18-16(25)19-14(9-21)15(22)10-1-7-13(8-2-10)20(23)24/h1-8,14-15,21-22H,9H2,(H2,18,19,25). The molecule has 132 valence electrons. The summed E-state index contributed by atoms with van der Waals surface area (Å²) in [6.07, 6.45) is -1.14. The molecule has 0 spiro atoms. The summed E-state index contributed by atoms with van der Waals surface area (Å²) in [5, 5.41) is 36.2. The third-order valence-electron chi connectivity index (χ3n) is 3.44. The molecule has 0 aliphatic carbocycles. The van der Waals surface area contributed by atoms with Crippen LogP contribution in [0.5, 0.6) is 0 Å². The van der Waals surface area contributed by atoms with E-state index in [4.69, 9.17) is 12.2 Å². The van der Waals surface area contributed by atoms with Crippen molar-refractivity contribution in [2.24, 2.45) is 0 Å². The van der Waals surface area contributed by atoms with E-state index < -0.39 is 23.7 Å². The summed E-state index contributed by atoms with van der Waals surface area (Å²) in [4.78, 5) is 10.1. The van der Waals surface area contributed by atoms with Crippen LogP contribution in [0.3, 0.4) is 0 Å². The fraction of sp³-hybridized carbons (Fsp3) is 0.188. The zero-order valence-electron chi connectivity index (χ0n) is 12.9. The van der Waals surface area contributed by atoms with E-state index in [2.05, 4.69) is 10.6 Å². The van der Waals surface area contributed by atoms with Crippen molar-refractivity contribution in [1.82, 2.24) is 5.32 Å². The molecule has 0 saturated heterocycles. The average molecular weight is 365 g/mol. The second kappa shape index (κ2) is 8.47. The minimum Gasteiger partial charge on any atom is -0.394 e. The van der Waals surface area contributed by atoms with E-state index in [-0.39, 0.29) is 16.6 Å². The van der Waals surface area contributed by atoms with Gasteiger partial charge in [0.15, 0.2) is 5.11 Å². The predicted molar refractivity (Wildman–Crippen MR) is 94.7 cm³/mol. The summed E-state index contributed by atoms with van der Waals surface area (Å²) < 4.78 is 12.9. The highest BCUT2D eigenvalue weighted by Crippen LogP contribution is 2.20. The Morgan fingerprint density at radius 1 is 1.20 bits per heavy atom. The van der Waals surface area contributed by atoms with Crippen LogP contribution in [0.25, 0.3) is 0 Å². The third kappa shape index (κ3) is 5.18. The molecule has 0 amide bonds. The third-order valence-corrected chi connectivity index (χ3v) is 3.66. The molecule has 2 atom stereocenters. The quantitative estimate of drug-likeness (QED) is 0.353. The summed E-state index contributed by atoms with van der Waals surface area (Å²) in [5.41, 5.74) is 0.833. The number of aliphatic hydroxyl groups excluding tert-OH is 2. The van der Waals surface area contributed by atoms with Crippen LogP contribution in [-0.2, 0) is 0 Å². The van der Waals surface area contributed by atoms with Crippen LogP contribution < -0.4 is 10.6 Å². The summed E-state index contributed by atoms with van der Waals surface area (Å²) in [7, 11) is 0. The molecule has 0 bridgehead atoms. The molecule has 0 heterocycles. The molecule has 25 heavy (non-hydrogen) atoms. The van der Waals surface area contributed by atoms with Crippen LogP contribution in [0, 0.1) is 15.9 Å². The number of nitrogens with zero attached hydrogens (tertiary/aromatic N) is 1. The lowest BCUT2D eigenvalue weighted by Gasteiger charge is -2.24. The highest BCUT2D eigenvalue weighted by atomic mass is 32.1. The monoisotopic (exact) mass is 365 g/mol. The van der Waals surface area contributed by atoms with E-state index in [1.165, 1.54) is 48.5 Å². The predicted octanol–water partition coefficient (Wildman–Crippen LogP) is 2.11. The molecule has 0 aliphatic rings. The number of anilines is 1. The molecule has 7 nitrogen and oxygen atoms in total. The molecule has 0 radical (unpaired) electrons. The number of aliphatic hydroxyl groups is 2. The van der Waals surface area contributed by atoms with Crippen molar-refractivity contribution in [3.63, 3.8) is 0 Å². The summed E-state index contributed by atoms with van der Waals surface area (Å²) in [5.74, 6) is -0.383. The van der Waals surface area contributed by atoms with Crippen LogP contribution in [0.15, 0.2) is 48.5 Å². The molecule has 0 saturated carbocycles. The van der Waals surface area contributed by atoms with Crippen LogP contribution in [-0.4, -0.2) is 32.9 Å². The van der Waals surface area contributed by atoms with Gasteiger partial charge in [0.05, 0.1) is 17.6 Å². The molecule has 2 unspecified atom stereocenters. The van der Waals surface area contributed by atoms with E-state index in [9.17, 15) is 24.7 Å². The van der Waals surface area contributed by atoms with Crippen molar-refractivity contribution in [1.29, 1.82) is 0 Å². The van der Waals surface area contributed by atoms with E-state index in [0.29, 0.717) is 11.3 Å². The van der Waals surface area contributed by atoms with Gasteiger partial charge in [0, 0.05) is 17.8 Å². The number of halogens is 1. The highest BCUT2D eigenvalue weighted by molar-refractivity contribution is 7.80. The lowest BCUT2D eigenvalue weighted by Crippen LogP contribution is -2.43. The number of nitro groups is 1. The Hall–Kier alpha value is -2.62. The van der Waals surface area contributed by atoms with Gasteiger partial charge in [-0.15, -0.1) is 0 Å². The lowest BCUT2D eigenvalue weighted by atomic mass is 10.0. The average Bonchev–Trinajstić information content (AvgIpc) is 2.61. The minimum atomic E-state index is -1.14. The number of hydrogen-bond acceptors (Lipinski definition) is 5. The Labute approximate surface area is 148 Å². The number of thiocarbonyl (C=S) groups is 1. The van der Waals surface area contributed by atoms with Gasteiger partial charge in [0.1, 0.15) is 11.9 Å². The smallest absolute Gasteiger partial charge is 0.269 e. The number of nitro benzene ring substituents is 1. The van der Waals surface area contributed by atoms with Crippen LogP contribution >= 0.6 is 12.2 Å². The molecular weight excluding hydrogens is 349 g/mol. The molecule has 9 heteroatoms. The summed E-state index contributed by atoms with van der Waals surface area (Å²) >= 11 is 5.11. The van der Waals surface area contributed by atoms with Crippen LogP contribution in [0.4, 0.5) is 15.8 Å². The molecule has 0 aromatic heterocycles. The van der Waals surface area contributed by atoms with Crippen LogP contribution in [0.2, 0.25) is 0 Å². The van der Waals surface area contributed by atoms with Crippen molar-refractivity contribution in [2.75, 3.05) is 11.9 Å². The van der Waals surface area contributed by atoms with Gasteiger partial charge in [-0.25, -0.2) is 4.39 Å². The minimum absolute atomic E-state index is 0.0991. The number of rotatable bonds is 6. The lowest BCUT2D eigenvalue weighted by molar-refractivity contribution is -0.384. The largest absolute Gasteiger partial charge is 0.394 e. The van der Waals surface area contributed by atoms with Crippen LogP contribution in [0.1, 0.15) is 11.7 Å². The number of hydrogen-bond donors (Lipinski definition) is 4. The van der Waals surface area contributed by atoms with Gasteiger partial charge >= 0.3 is 0 Å².